The highest BCUT2D eigenvalue weighted by atomic mass is 35.5. The number of halogens is 2. The van der Waals surface area contributed by atoms with Crippen LogP contribution in [0.2, 0.25) is 10.0 Å². The van der Waals surface area contributed by atoms with Crippen molar-refractivity contribution in [3.8, 4) is 0 Å². The van der Waals surface area contributed by atoms with E-state index in [1.807, 2.05) is 25.7 Å². The first-order valence-electron chi connectivity index (χ1n) is 8.19. The molecule has 1 aromatic carbocycles. The van der Waals surface area contributed by atoms with Gasteiger partial charge in [0.05, 0.1) is 6.42 Å². The molecule has 0 saturated carbocycles. The summed E-state index contributed by atoms with van der Waals surface area (Å²) in [6.45, 7) is 7.16. The molecule has 1 aliphatic heterocycles. The lowest BCUT2D eigenvalue weighted by Crippen LogP contribution is -2.49. The number of nitrogens with one attached hydrogen (secondary N) is 1. The molecule has 1 fully saturated rings. The number of rotatable bonds is 3. The van der Waals surface area contributed by atoms with Crippen molar-refractivity contribution in [2.75, 3.05) is 13.1 Å². The van der Waals surface area contributed by atoms with Crippen LogP contribution in [0.5, 0.6) is 0 Å². The van der Waals surface area contributed by atoms with Gasteiger partial charge in [-0.25, -0.2) is 0 Å². The van der Waals surface area contributed by atoms with Crippen LogP contribution in [-0.2, 0) is 16.0 Å². The summed E-state index contributed by atoms with van der Waals surface area (Å²) >= 11 is 12.0. The van der Waals surface area contributed by atoms with Crippen LogP contribution in [-0.4, -0.2) is 35.8 Å². The Morgan fingerprint density at radius 3 is 2.38 bits per heavy atom. The minimum absolute atomic E-state index is 0.0557. The molecule has 0 bridgehead atoms. The Morgan fingerprint density at radius 1 is 1.21 bits per heavy atom. The quantitative estimate of drug-likeness (QED) is 0.881. The smallest absolute Gasteiger partial charge is 0.227 e. The molecule has 0 aromatic heterocycles. The maximum Gasteiger partial charge on any atom is 0.227 e. The van der Waals surface area contributed by atoms with Gasteiger partial charge < -0.3 is 10.2 Å². The topological polar surface area (TPSA) is 49.4 Å². The molecular formula is C18H24Cl2N2O2. The summed E-state index contributed by atoms with van der Waals surface area (Å²) in [5.41, 5.74) is 0.403. The molecule has 0 unspecified atom stereocenters. The van der Waals surface area contributed by atoms with Crippen LogP contribution < -0.4 is 5.32 Å². The van der Waals surface area contributed by atoms with Crippen LogP contribution >= 0.6 is 23.2 Å². The van der Waals surface area contributed by atoms with Gasteiger partial charge in [0.25, 0.3) is 0 Å². The van der Waals surface area contributed by atoms with Crippen molar-refractivity contribution in [3.63, 3.8) is 0 Å². The molecule has 132 valence electrons. The summed E-state index contributed by atoms with van der Waals surface area (Å²) in [4.78, 5) is 26.4. The SMILES string of the molecule is CC(C)(C)C(=O)N1CCC(NC(=O)Cc2ccc(Cl)cc2Cl)CC1. The van der Waals surface area contributed by atoms with E-state index in [1.54, 1.807) is 18.2 Å². The third-order valence-electron chi connectivity index (χ3n) is 4.15. The molecule has 1 saturated heterocycles. The zero-order valence-corrected chi connectivity index (χ0v) is 15.9. The summed E-state index contributed by atoms with van der Waals surface area (Å²) in [5.74, 6) is 0.111. The first-order valence-corrected chi connectivity index (χ1v) is 8.95. The number of piperidine rings is 1. The molecule has 2 rings (SSSR count). The summed E-state index contributed by atoms with van der Waals surface area (Å²) in [6.07, 6.45) is 1.79. The Balaban J connectivity index is 1.83. The predicted molar refractivity (Wildman–Crippen MR) is 97.4 cm³/mol. The van der Waals surface area contributed by atoms with Crippen LogP contribution in [0.25, 0.3) is 0 Å². The Morgan fingerprint density at radius 2 is 1.83 bits per heavy atom. The fraction of sp³-hybridized carbons (Fsp3) is 0.556. The lowest BCUT2D eigenvalue weighted by Gasteiger charge is -2.36. The number of likely N-dealkylation sites (tertiary alicyclic amines) is 1. The molecule has 1 N–H and O–H groups in total. The fourth-order valence-corrected chi connectivity index (χ4v) is 3.29. The maximum absolute atomic E-state index is 12.3. The Labute approximate surface area is 153 Å². The fourth-order valence-electron chi connectivity index (χ4n) is 2.82. The summed E-state index contributed by atoms with van der Waals surface area (Å²) in [5, 5.41) is 4.10. The van der Waals surface area contributed by atoms with Crippen molar-refractivity contribution in [1.29, 1.82) is 0 Å². The first-order chi connectivity index (χ1) is 11.2. The molecule has 1 heterocycles. The highest BCUT2D eigenvalue weighted by molar-refractivity contribution is 6.35. The number of hydrogen-bond donors (Lipinski definition) is 1. The van der Waals surface area contributed by atoms with Gasteiger partial charge in [-0.2, -0.15) is 0 Å². The number of nitrogens with zero attached hydrogens (tertiary/aromatic N) is 1. The lowest BCUT2D eigenvalue weighted by atomic mass is 9.93. The third-order valence-corrected chi connectivity index (χ3v) is 4.74. The molecule has 4 nitrogen and oxygen atoms in total. The molecule has 2 amide bonds. The van der Waals surface area contributed by atoms with Gasteiger partial charge in [0.2, 0.25) is 11.8 Å². The van der Waals surface area contributed by atoms with E-state index in [-0.39, 0.29) is 29.7 Å². The third kappa shape index (κ3) is 5.12. The van der Waals surface area contributed by atoms with Crippen LogP contribution in [0.1, 0.15) is 39.2 Å². The molecule has 0 spiro atoms. The van der Waals surface area contributed by atoms with E-state index in [0.29, 0.717) is 23.1 Å². The Hall–Kier alpha value is -1.26. The van der Waals surface area contributed by atoms with Crippen molar-refractivity contribution < 1.29 is 9.59 Å². The van der Waals surface area contributed by atoms with E-state index in [0.717, 1.165) is 18.4 Å². The summed E-state index contributed by atoms with van der Waals surface area (Å²) in [6, 6.07) is 5.25. The largest absolute Gasteiger partial charge is 0.353 e. The molecule has 0 radical (unpaired) electrons. The van der Waals surface area contributed by atoms with Gasteiger partial charge >= 0.3 is 0 Å². The number of amides is 2. The zero-order chi connectivity index (χ0) is 17.9. The molecule has 0 aliphatic carbocycles. The van der Waals surface area contributed by atoms with Crippen molar-refractivity contribution in [2.24, 2.45) is 5.41 Å². The van der Waals surface area contributed by atoms with Gasteiger partial charge in [0, 0.05) is 34.6 Å². The van der Waals surface area contributed by atoms with E-state index < -0.39 is 0 Å². The van der Waals surface area contributed by atoms with E-state index >= 15 is 0 Å². The van der Waals surface area contributed by atoms with Gasteiger partial charge in [-0.3, -0.25) is 9.59 Å². The predicted octanol–water partition coefficient (Wildman–Crippen LogP) is 3.69. The van der Waals surface area contributed by atoms with Gasteiger partial charge in [-0.15, -0.1) is 0 Å². The van der Waals surface area contributed by atoms with E-state index in [2.05, 4.69) is 5.32 Å². The van der Waals surface area contributed by atoms with Crippen molar-refractivity contribution >= 4 is 35.0 Å². The molecule has 1 aliphatic rings. The maximum atomic E-state index is 12.3. The molecule has 1 aromatic rings. The minimum atomic E-state index is -0.360. The van der Waals surface area contributed by atoms with Crippen molar-refractivity contribution in [2.45, 2.75) is 46.1 Å². The monoisotopic (exact) mass is 370 g/mol. The Bertz CT molecular complexity index is 618. The highest BCUT2D eigenvalue weighted by Crippen LogP contribution is 2.23. The zero-order valence-electron chi connectivity index (χ0n) is 14.4. The average molecular weight is 371 g/mol. The second-order valence-electron chi connectivity index (χ2n) is 7.30. The first kappa shape index (κ1) is 19.1. The average Bonchev–Trinajstić information content (AvgIpc) is 2.49. The van der Waals surface area contributed by atoms with Crippen LogP contribution in [0.15, 0.2) is 18.2 Å². The summed E-state index contributed by atoms with van der Waals surface area (Å²) < 4.78 is 0. The highest BCUT2D eigenvalue weighted by Gasteiger charge is 2.30. The van der Waals surface area contributed by atoms with Gasteiger partial charge in [-0.05, 0) is 30.5 Å². The van der Waals surface area contributed by atoms with Crippen molar-refractivity contribution in [1.82, 2.24) is 10.2 Å². The lowest BCUT2D eigenvalue weighted by molar-refractivity contribution is -0.140. The van der Waals surface area contributed by atoms with E-state index in [9.17, 15) is 9.59 Å². The molecule has 0 atom stereocenters. The molecule has 24 heavy (non-hydrogen) atoms. The van der Waals surface area contributed by atoms with Crippen LogP contribution in [0, 0.1) is 5.41 Å². The van der Waals surface area contributed by atoms with Gasteiger partial charge in [0.1, 0.15) is 0 Å². The summed E-state index contributed by atoms with van der Waals surface area (Å²) in [7, 11) is 0. The standard InChI is InChI=1S/C18H24Cl2N2O2/c1-18(2,3)17(24)22-8-6-14(7-9-22)21-16(23)10-12-4-5-13(19)11-15(12)20/h4-5,11,14H,6-10H2,1-3H3,(H,21,23). The molecular weight excluding hydrogens is 347 g/mol. The number of hydrogen-bond acceptors (Lipinski definition) is 2. The van der Waals surface area contributed by atoms with Crippen LogP contribution in [0.3, 0.4) is 0 Å². The van der Waals surface area contributed by atoms with E-state index in [4.69, 9.17) is 23.2 Å². The van der Waals surface area contributed by atoms with Crippen molar-refractivity contribution in [3.05, 3.63) is 33.8 Å². The minimum Gasteiger partial charge on any atom is -0.353 e. The van der Waals surface area contributed by atoms with Crippen LogP contribution in [0.4, 0.5) is 0 Å². The van der Waals surface area contributed by atoms with Gasteiger partial charge in [-0.1, -0.05) is 50.0 Å². The van der Waals surface area contributed by atoms with E-state index in [1.165, 1.54) is 0 Å². The number of benzene rings is 1. The number of carbonyl (C=O) groups excluding carboxylic acids is 2. The number of carbonyl (C=O) groups is 2. The van der Waals surface area contributed by atoms with Gasteiger partial charge in [0.15, 0.2) is 0 Å². The second-order valence-corrected chi connectivity index (χ2v) is 8.14. The second kappa shape index (κ2) is 7.75. The normalized spacial score (nSPS) is 16.1. The molecule has 6 heteroatoms. The Kier molecular flexibility index (Phi) is 6.16.